The Labute approximate surface area is 214 Å². The fraction of sp³-hybridized carbons (Fsp3) is 0.242. The van der Waals surface area contributed by atoms with E-state index in [1.54, 1.807) is 6.20 Å². The molecule has 0 spiro atoms. The molecule has 0 fully saturated rings. The highest BCUT2D eigenvalue weighted by molar-refractivity contribution is 6.43. The molecule has 0 unspecified atom stereocenters. The number of hydrogen-bond donors (Lipinski definition) is 0. The molecule has 0 saturated carbocycles. The topological polar surface area (TPSA) is 46.5 Å². The van der Waals surface area contributed by atoms with Crippen molar-refractivity contribution in [2.24, 2.45) is 15.8 Å². The summed E-state index contributed by atoms with van der Waals surface area (Å²) in [5, 5.41) is 0. The van der Waals surface area contributed by atoms with Gasteiger partial charge in [-0.2, -0.15) is 0 Å². The largest absolute Gasteiger partial charge is 0.289 e. The first-order chi connectivity index (χ1) is 16.9. The predicted molar refractivity (Wildman–Crippen MR) is 149 cm³/mol. The number of Topliss-reactive ketones (excluding diaryl/α,β-unsaturated/α-hetero) is 2. The molecule has 4 rings (SSSR count). The fourth-order valence-electron chi connectivity index (χ4n) is 4.34. The van der Waals surface area contributed by atoms with Crippen molar-refractivity contribution in [1.29, 1.82) is 0 Å². The Morgan fingerprint density at radius 1 is 0.583 bits per heavy atom. The van der Waals surface area contributed by atoms with E-state index in [9.17, 15) is 9.59 Å². The number of allylic oxidation sites excluding steroid dienone is 9. The second kappa shape index (κ2) is 9.66. The Bertz CT molecular complexity index is 1280. The van der Waals surface area contributed by atoms with E-state index in [2.05, 4.69) is 41.5 Å². The van der Waals surface area contributed by atoms with Crippen LogP contribution in [-0.4, -0.2) is 17.3 Å². The highest BCUT2D eigenvalue weighted by Crippen LogP contribution is 2.37. The number of nitrogens with zero attached hydrogens (tertiary/aromatic N) is 1. The molecule has 3 nitrogen and oxygen atoms in total. The third kappa shape index (κ3) is 5.36. The summed E-state index contributed by atoms with van der Waals surface area (Å²) in [5.74, 6) is 0.0766. The van der Waals surface area contributed by atoms with Gasteiger partial charge < -0.3 is 0 Å². The Hall–Kier alpha value is -3.85. The maximum atomic E-state index is 13.5. The zero-order valence-corrected chi connectivity index (χ0v) is 21.9. The summed E-state index contributed by atoms with van der Waals surface area (Å²) >= 11 is 0. The quantitative estimate of drug-likeness (QED) is 0.429. The number of hydrogen-bond acceptors (Lipinski definition) is 3. The maximum Gasteiger partial charge on any atom is 0.194 e. The lowest BCUT2D eigenvalue weighted by Crippen LogP contribution is -2.29. The van der Waals surface area contributed by atoms with Gasteiger partial charge in [0.2, 0.25) is 0 Å². The molecule has 0 amide bonds. The van der Waals surface area contributed by atoms with Crippen LogP contribution in [0.1, 0.15) is 52.7 Å². The molecule has 3 heteroatoms. The second-order valence-corrected chi connectivity index (χ2v) is 11.3. The smallest absolute Gasteiger partial charge is 0.194 e. The lowest BCUT2D eigenvalue weighted by molar-refractivity contribution is -0.114. The van der Waals surface area contributed by atoms with Crippen molar-refractivity contribution < 1.29 is 9.59 Å². The van der Waals surface area contributed by atoms with Crippen LogP contribution in [0.15, 0.2) is 113 Å². The van der Waals surface area contributed by atoms with Gasteiger partial charge in [-0.15, -0.1) is 0 Å². The molecule has 0 heterocycles. The monoisotopic (exact) mass is 475 g/mol. The second-order valence-electron chi connectivity index (χ2n) is 11.3. The minimum Gasteiger partial charge on any atom is -0.289 e. The number of carbonyl (C=O) groups excluding carboxylic acids is 2. The first-order valence-electron chi connectivity index (χ1n) is 12.3. The molecule has 0 aliphatic heterocycles. The van der Waals surface area contributed by atoms with Crippen LogP contribution in [0.4, 0.5) is 0 Å². The van der Waals surface area contributed by atoms with Gasteiger partial charge in [0, 0.05) is 28.5 Å². The summed E-state index contributed by atoms with van der Waals surface area (Å²) in [5.41, 5.74) is 5.50. The lowest BCUT2D eigenvalue weighted by atomic mass is 9.72. The highest BCUT2D eigenvalue weighted by atomic mass is 16.1. The van der Waals surface area contributed by atoms with Gasteiger partial charge in [0.25, 0.3) is 0 Å². The van der Waals surface area contributed by atoms with Gasteiger partial charge in [-0.05, 0) is 51.8 Å². The molecule has 0 N–H and O–H groups in total. The van der Waals surface area contributed by atoms with Crippen molar-refractivity contribution in [3.8, 4) is 0 Å². The van der Waals surface area contributed by atoms with E-state index in [1.807, 2.05) is 85.0 Å². The van der Waals surface area contributed by atoms with Crippen LogP contribution in [0.3, 0.4) is 0 Å². The minimum atomic E-state index is -0.298. The van der Waals surface area contributed by atoms with Crippen molar-refractivity contribution in [3.63, 3.8) is 0 Å². The van der Waals surface area contributed by atoms with Gasteiger partial charge in [-0.3, -0.25) is 14.6 Å². The molecule has 2 aromatic carbocycles. The first-order valence-corrected chi connectivity index (χ1v) is 12.3. The van der Waals surface area contributed by atoms with E-state index < -0.39 is 0 Å². The van der Waals surface area contributed by atoms with Crippen LogP contribution in [0.2, 0.25) is 0 Å². The number of ketones is 2. The Morgan fingerprint density at radius 3 is 1.39 bits per heavy atom. The molecule has 182 valence electrons. The van der Waals surface area contributed by atoms with Crippen LogP contribution in [0, 0.1) is 10.8 Å². The number of aliphatic imine (C=N–C) groups is 1. The van der Waals surface area contributed by atoms with E-state index >= 15 is 0 Å². The minimum absolute atomic E-state index is 0.00899. The van der Waals surface area contributed by atoms with E-state index in [0.717, 1.165) is 33.6 Å². The summed E-state index contributed by atoms with van der Waals surface area (Å²) < 4.78 is 0. The van der Waals surface area contributed by atoms with Gasteiger partial charge in [0.1, 0.15) is 0 Å². The molecule has 0 saturated heterocycles. The van der Waals surface area contributed by atoms with Gasteiger partial charge in [-0.1, -0.05) is 102 Å². The molecule has 36 heavy (non-hydrogen) atoms. The zero-order chi connectivity index (χ0) is 26.1. The van der Waals surface area contributed by atoms with Crippen molar-refractivity contribution in [2.75, 3.05) is 0 Å². The maximum absolute atomic E-state index is 13.5. The summed E-state index contributed by atoms with van der Waals surface area (Å²) in [4.78, 5) is 31.5. The molecule has 0 atom stereocenters. The van der Waals surface area contributed by atoms with E-state index in [4.69, 9.17) is 4.99 Å². The van der Waals surface area contributed by atoms with Crippen molar-refractivity contribution in [1.82, 2.24) is 0 Å². The number of benzene rings is 2. The standard InChI is InChI=1S/C33H33NO2/c1-32(2,3)28-19-25(20-29(31(28)36)33(4,5)6)34-21-22-17-26(23-13-9-7-10-14-23)30(35)27(18-22)24-15-11-8-12-16-24/h7-21H,1-6H3. The third-order valence-corrected chi connectivity index (χ3v) is 6.33. The average molecular weight is 476 g/mol. The molecular weight excluding hydrogens is 442 g/mol. The average Bonchev–Trinajstić information content (AvgIpc) is 2.83. The van der Waals surface area contributed by atoms with Crippen LogP contribution in [0.5, 0.6) is 0 Å². The van der Waals surface area contributed by atoms with Crippen molar-refractivity contribution in [2.45, 2.75) is 41.5 Å². The molecule has 2 aliphatic carbocycles. The fourth-order valence-corrected chi connectivity index (χ4v) is 4.34. The SMILES string of the molecule is CC(C)(C)C1=CC(=NC=C2C=C(c3ccccc3)C(=O)C(c3ccccc3)=C2)C=C(C(C)(C)C)C1=O. The molecular formula is C33H33NO2. The van der Waals surface area contributed by atoms with Gasteiger partial charge in [-0.25, -0.2) is 0 Å². The molecule has 2 aromatic rings. The van der Waals surface area contributed by atoms with Crippen LogP contribution in [-0.2, 0) is 9.59 Å². The van der Waals surface area contributed by atoms with Crippen LogP contribution < -0.4 is 0 Å². The summed E-state index contributed by atoms with van der Waals surface area (Å²) in [7, 11) is 0. The summed E-state index contributed by atoms with van der Waals surface area (Å²) in [6, 6.07) is 19.4. The molecule has 2 aliphatic rings. The number of rotatable bonds is 3. The lowest BCUT2D eigenvalue weighted by Gasteiger charge is -2.30. The summed E-state index contributed by atoms with van der Waals surface area (Å²) in [6.45, 7) is 12.3. The summed E-state index contributed by atoms with van der Waals surface area (Å²) in [6.07, 6.45) is 9.37. The zero-order valence-electron chi connectivity index (χ0n) is 21.9. The third-order valence-electron chi connectivity index (χ3n) is 6.33. The van der Waals surface area contributed by atoms with Crippen molar-refractivity contribution >= 4 is 28.4 Å². The normalized spacial score (nSPS) is 16.7. The number of carbonyl (C=O) groups is 2. The van der Waals surface area contributed by atoms with Crippen LogP contribution >= 0.6 is 0 Å². The van der Waals surface area contributed by atoms with E-state index in [0.29, 0.717) is 11.1 Å². The highest BCUT2D eigenvalue weighted by Gasteiger charge is 2.34. The Morgan fingerprint density at radius 2 is 1.00 bits per heavy atom. The van der Waals surface area contributed by atoms with E-state index in [1.165, 1.54) is 0 Å². The van der Waals surface area contributed by atoms with Gasteiger partial charge in [0.15, 0.2) is 11.6 Å². The molecule has 0 bridgehead atoms. The van der Waals surface area contributed by atoms with Gasteiger partial charge in [0.05, 0.1) is 5.71 Å². The Kier molecular flexibility index (Phi) is 6.77. The molecule has 0 aromatic heterocycles. The Balaban J connectivity index is 1.85. The molecule has 0 radical (unpaired) electrons. The first kappa shape index (κ1) is 25.2. The van der Waals surface area contributed by atoms with Gasteiger partial charge >= 0.3 is 0 Å². The van der Waals surface area contributed by atoms with Crippen molar-refractivity contribution in [3.05, 3.63) is 119 Å². The van der Waals surface area contributed by atoms with E-state index in [-0.39, 0.29) is 22.4 Å². The van der Waals surface area contributed by atoms with Crippen LogP contribution in [0.25, 0.3) is 11.1 Å². The predicted octanol–water partition coefficient (Wildman–Crippen LogP) is 7.59.